The number of para-hydroxylation sites is 5. The number of alkyl halides is 6. The van der Waals surface area contributed by atoms with Crippen LogP contribution < -0.4 is 0 Å². The van der Waals surface area contributed by atoms with Gasteiger partial charge in [0.1, 0.15) is 0 Å². The molecule has 15 nitrogen and oxygen atoms in total. The first-order valence-corrected chi connectivity index (χ1v) is 40.9. The summed E-state index contributed by atoms with van der Waals surface area (Å²) in [5.74, 6) is -1.61. The maximum atomic E-state index is 13.6. The van der Waals surface area contributed by atoms with Crippen molar-refractivity contribution >= 4 is 83.4 Å². The number of aliphatic hydroxyl groups excluding tert-OH is 5. The third kappa shape index (κ3) is 42.0. The molecule has 0 aliphatic carbocycles. The predicted molar refractivity (Wildman–Crippen MR) is 510 cm³/mol. The van der Waals surface area contributed by atoms with E-state index in [9.17, 15) is 59.1 Å². The summed E-state index contributed by atoms with van der Waals surface area (Å²) in [5, 5.41) is 47.1. The number of halogens is 8. The fourth-order valence-electron chi connectivity index (χ4n) is 12.3. The maximum Gasteiger partial charge on any atom is 0.399 e. The summed E-state index contributed by atoms with van der Waals surface area (Å²) >= 11 is 0. The van der Waals surface area contributed by atoms with Crippen molar-refractivity contribution in [3.63, 3.8) is 0 Å². The van der Waals surface area contributed by atoms with E-state index in [2.05, 4.69) is 137 Å². The van der Waals surface area contributed by atoms with Crippen molar-refractivity contribution in [2.45, 2.75) is 95.4 Å². The number of allylic oxidation sites excluding steroid dienone is 10. The molecule has 5 aromatic heterocycles. The summed E-state index contributed by atoms with van der Waals surface area (Å²) in [6.07, 6.45) is -2.87. The van der Waals surface area contributed by atoms with E-state index in [4.69, 9.17) is 30.5 Å². The molecule has 0 saturated heterocycles. The average molecular weight is 2760 g/mol. The standard InChI is InChI=1S/C22H16N.2C16H9F3N.C16H12N.C15H8F2N.5C5H8O2.5Ir/c1-16-9-5-6-12-18(16)22-15-20(17-10-3-2-4-11-17)19-13-7-8-14-21(19)23-22;17-16(18,19)13-6-3-5-12(10-13)15-9-8-11-4-1-2-7-14(11)20-15;17-16(18,19)13-8-5-12(6-9-13)15-10-7-11-3-1-2-4-14(11)20-15;1-12-11-16(13-7-3-2-4-8-13)17-15-10-6-5-9-14(12)15;16-11-6-7-12(13(17)9-11)15-8-5-10-3-1-2-4-14(10)18-15;5*1-4(6)3-5(2)7;;;;;/h2-11,13-15H,1H3;1-4,6-10H;1-5,7-10H;2-7,9-11H,1H3;1-6,8-9H;5*3,6H,1-2H3;;;;;/q5*-1;;;;;;;;;;. The molecule has 725 valence electrons. The van der Waals surface area contributed by atoms with E-state index < -0.39 is 35.1 Å². The number of nitrogens with zero attached hydrogens (tertiary/aromatic N) is 5. The van der Waals surface area contributed by atoms with Gasteiger partial charge >= 0.3 is 12.4 Å². The minimum atomic E-state index is -4.36. The van der Waals surface area contributed by atoms with E-state index in [-0.39, 0.29) is 164 Å². The number of aliphatic hydroxyl groups is 5. The van der Waals surface area contributed by atoms with Crippen molar-refractivity contribution in [2.75, 3.05) is 0 Å². The second kappa shape index (κ2) is 60.7. The van der Waals surface area contributed by atoms with Gasteiger partial charge in [-0.3, -0.25) is 57.7 Å². The van der Waals surface area contributed by atoms with E-state index in [1.165, 1.54) is 145 Å². The van der Waals surface area contributed by atoms with Crippen LogP contribution in [0, 0.1) is 55.8 Å². The number of aryl methyl sites for hydroxylation is 2. The molecule has 28 heteroatoms. The molecule has 0 amide bonds. The predicted octanol–water partition coefficient (Wildman–Crippen LogP) is 28.3. The third-order valence-electron chi connectivity index (χ3n) is 17.8. The third-order valence-corrected chi connectivity index (χ3v) is 17.8. The number of pyridine rings is 5. The molecular formula is C110H94F8Ir5N5O10-5. The molecule has 0 aliphatic rings. The zero-order chi connectivity index (χ0) is 97.5. The summed E-state index contributed by atoms with van der Waals surface area (Å²) in [7, 11) is 0. The Hall–Kier alpha value is -12.8. The Morgan fingerprint density at radius 3 is 1.10 bits per heavy atom. The summed E-state index contributed by atoms with van der Waals surface area (Å²) in [6, 6.07) is 102. The van der Waals surface area contributed by atoms with Crippen LogP contribution in [0.3, 0.4) is 0 Å². The molecular weight excluding hydrogens is 2660 g/mol. The van der Waals surface area contributed by atoms with Crippen molar-refractivity contribution in [1.29, 1.82) is 0 Å². The number of aromatic nitrogens is 5. The normalized spacial score (nSPS) is 10.8. The number of rotatable bonds is 11. The second-order valence-electron chi connectivity index (χ2n) is 29.5. The van der Waals surface area contributed by atoms with Gasteiger partial charge in [0, 0.05) is 153 Å². The SMILES string of the molecule is CC(=O)C=C(C)O.CC(=O)C=C(C)O.CC(=O)C=C(C)O.CC(=O)C=C(C)O.CC(=O)C=C(C)O.Cc1cc(-c2[c-]cccc2)nc2ccccc12.Cc1ccc[c-]c1-c1cc(-c2ccccc2)c2ccccc2n1.FC(F)(F)c1c[c-]c(-c2ccc3ccccc3n2)cc1.FC(F)(F)c1cc[c-]c(-c2ccc3ccccc3n2)c1.Fc1c[c-]c(-c2ccc3ccccc3n2)c(F)c1.[Ir].[Ir].[Ir].[Ir].[Ir]. The summed E-state index contributed by atoms with van der Waals surface area (Å²) < 4.78 is 102. The van der Waals surface area contributed by atoms with Gasteiger partial charge in [0.25, 0.3) is 0 Å². The summed E-state index contributed by atoms with van der Waals surface area (Å²) in [4.78, 5) is 72.8. The number of benzene rings is 11. The zero-order valence-corrected chi connectivity index (χ0v) is 88.3. The van der Waals surface area contributed by atoms with Gasteiger partial charge in [-0.1, -0.05) is 188 Å². The quantitative estimate of drug-likeness (QED) is 0.0349. The van der Waals surface area contributed by atoms with Gasteiger partial charge < -0.3 is 25.5 Å². The minimum absolute atomic E-state index is 0. The zero-order valence-electron chi connectivity index (χ0n) is 76.3. The molecule has 5 heterocycles. The van der Waals surface area contributed by atoms with Crippen LogP contribution in [-0.4, -0.2) is 79.4 Å². The summed E-state index contributed by atoms with van der Waals surface area (Å²) in [5.41, 5.74) is 14.5. The van der Waals surface area contributed by atoms with Gasteiger partial charge in [-0.2, -0.15) is 26.3 Å². The van der Waals surface area contributed by atoms with E-state index in [1.807, 2.05) is 152 Å². The molecule has 0 fully saturated rings. The molecule has 0 unspecified atom stereocenters. The van der Waals surface area contributed by atoms with E-state index in [0.717, 1.165) is 103 Å². The van der Waals surface area contributed by atoms with Crippen LogP contribution in [0.5, 0.6) is 0 Å². The molecule has 5 N–H and O–H groups in total. The Labute approximate surface area is 863 Å². The molecule has 0 bridgehead atoms. The number of carbonyl (C=O) groups is 5. The van der Waals surface area contributed by atoms with Gasteiger partial charge in [0.15, 0.2) is 28.9 Å². The van der Waals surface area contributed by atoms with Crippen LogP contribution in [0.4, 0.5) is 35.1 Å². The fraction of sp³-hybridized carbons (Fsp3) is 0.127. The van der Waals surface area contributed by atoms with Gasteiger partial charge in [-0.25, -0.2) is 0 Å². The first-order chi connectivity index (χ1) is 63.1. The van der Waals surface area contributed by atoms with Crippen LogP contribution in [-0.2, 0) is 137 Å². The topological polar surface area (TPSA) is 251 Å². The second-order valence-corrected chi connectivity index (χ2v) is 29.5. The van der Waals surface area contributed by atoms with Crippen molar-refractivity contribution < 1.29 is 185 Å². The molecule has 16 aromatic rings. The minimum Gasteiger partial charge on any atom is -0.512 e. The molecule has 0 spiro atoms. The van der Waals surface area contributed by atoms with Crippen molar-refractivity contribution in [2.24, 2.45) is 0 Å². The Balaban J connectivity index is 0.000000534. The molecule has 0 saturated carbocycles. The van der Waals surface area contributed by atoms with Gasteiger partial charge in [-0.05, 0) is 179 Å². The van der Waals surface area contributed by atoms with Crippen LogP contribution in [0.1, 0.15) is 91.5 Å². The van der Waals surface area contributed by atoms with Crippen molar-refractivity contribution in [3.8, 4) is 67.4 Å². The van der Waals surface area contributed by atoms with Gasteiger partial charge in [-0.15, -0.1) is 143 Å². The van der Waals surface area contributed by atoms with Crippen LogP contribution in [0.15, 0.2) is 350 Å². The molecule has 5 radical (unpaired) electrons. The fourth-order valence-corrected chi connectivity index (χ4v) is 12.3. The number of carbonyl (C=O) groups excluding carboxylic acids is 5. The first kappa shape index (κ1) is 121. The number of hydrogen-bond acceptors (Lipinski definition) is 15. The molecule has 0 aliphatic heterocycles. The van der Waals surface area contributed by atoms with Gasteiger partial charge in [0.05, 0.1) is 56.4 Å². The van der Waals surface area contributed by atoms with E-state index in [1.54, 1.807) is 18.2 Å². The van der Waals surface area contributed by atoms with Crippen LogP contribution in [0.2, 0.25) is 0 Å². The maximum absolute atomic E-state index is 13.6. The van der Waals surface area contributed by atoms with Crippen molar-refractivity contribution in [3.05, 3.63) is 415 Å². The van der Waals surface area contributed by atoms with E-state index in [0.29, 0.717) is 28.2 Å². The molecule has 11 aromatic carbocycles. The number of hydrogen-bond donors (Lipinski definition) is 5. The average Bonchev–Trinajstić information content (AvgIpc) is 0.768. The Morgan fingerprint density at radius 2 is 0.681 bits per heavy atom. The Bertz CT molecular complexity index is 6680. The van der Waals surface area contributed by atoms with Crippen LogP contribution >= 0.6 is 0 Å². The molecule has 138 heavy (non-hydrogen) atoms. The first-order valence-electron chi connectivity index (χ1n) is 40.9. The monoisotopic (exact) mass is 2760 g/mol. The Kier molecular flexibility index (Phi) is 53.4. The Morgan fingerprint density at radius 1 is 0.297 bits per heavy atom. The van der Waals surface area contributed by atoms with Gasteiger partial charge in [0.2, 0.25) is 0 Å². The van der Waals surface area contributed by atoms with E-state index >= 15 is 0 Å². The number of ketones is 5. The smallest absolute Gasteiger partial charge is 0.399 e. The van der Waals surface area contributed by atoms with Crippen LogP contribution in [0.25, 0.3) is 122 Å². The molecule has 0 atom stereocenters. The number of fused-ring (bicyclic) bond motifs is 5. The molecule has 16 rings (SSSR count). The summed E-state index contributed by atoms with van der Waals surface area (Å²) in [6.45, 7) is 18.5. The largest absolute Gasteiger partial charge is 0.512 e. The van der Waals surface area contributed by atoms with Crippen molar-refractivity contribution in [1.82, 2.24) is 24.9 Å².